The summed E-state index contributed by atoms with van der Waals surface area (Å²) in [4.78, 5) is 0. The van der Waals surface area contributed by atoms with Gasteiger partial charge >= 0.3 is 23.1 Å². The normalized spacial score (nSPS) is 0. The third kappa shape index (κ3) is 8.85. The minimum absolute atomic E-state index is 0. The molecule has 0 rings (SSSR count). The number of rotatable bonds is 0. The second-order valence-electron chi connectivity index (χ2n) is 0. The van der Waals surface area contributed by atoms with Gasteiger partial charge in [0, 0.05) is 50.9 Å². The molecular formula is H2AlCuMgNi. The molecule has 0 spiro atoms. The Labute approximate surface area is 76.1 Å². The van der Waals surface area contributed by atoms with Gasteiger partial charge in [0.2, 0.25) is 0 Å². The van der Waals surface area contributed by atoms with Gasteiger partial charge in [0.25, 0.3) is 0 Å². The third-order valence-electron chi connectivity index (χ3n) is 0. The van der Waals surface area contributed by atoms with Gasteiger partial charge < -0.3 is 2.85 Å². The molecule has 4 heteroatoms. The Hall–Kier alpha value is 2.31. The third-order valence-corrected chi connectivity index (χ3v) is 0. The second-order valence-corrected chi connectivity index (χ2v) is 0. The van der Waals surface area contributed by atoms with Gasteiger partial charge in [-0.15, -0.1) is 0 Å². The van der Waals surface area contributed by atoms with Crippen molar-refractivity contribution in [3.8, 4) is 0 Å². The first-order valence-electron chi connectivity index (χ1n) is 0. The van der Waals surface area contributed by atoms with E-state index in [1.54, 1.807) is 0 Å². The summed E-state index contributed by atoms with van der Waals surface area (Å²) in [5.74, 6) is 0. The summed E-state index contributed by atoms with van der Waals surface area (Å²) in [5.41, 5.74) is 0. The van der Waals surface area contributed by atoms with Crippen molar-refractivity contribution < 1.29 is 36.4 Å². The van der Waals surface area contributed by atoms with Crippen LogP contribution < -0.4 is 0 Å². The Bertz CT molecular complexity index is 13.5. The van der Waals surface area contributed by atoms with Gasteiger partial charge in [-0.05, 0) is 0 Å². The summed E-state index contributed by atoms with van der Waals surface area (Å²) >= 11 is 0. The smallest absolute Gasteiger partial charge is 1.00 e. The molecule has 0 aliphatic carbocycles. The summed E-state index contributed by atoms with van der Waals surface area (Å²) in [6, 6.07) is 0. The molecule has 0 unspecified atom stereocenters. The molecule has 0 aromatic heterocycles. The van der Waals surface area contributed by atoms with Gasteiger partial charge in [-0.2, -0.15) is 0 Å². The molecule has 0 aromatic rings. The molecule has 0 heterocycles. The quantitative estimate of drug-likeness (QED) is 0.434. The fraction of sp³-hybridized carbons (Fsp3) is 0. The van der Waals surface area contributed by atoms with E-state index in [0.717, 1.165) is 0 Å². The molecule has 0 aromatic carbocycles. The largest absolute Gasteiger partial charge is 2.00 e. The number of hydrogen-bond acceptors (Lipinski definition) is 0. The Morgan fingerprint density at radius 3 is 1.25 bits per heavy atom. The maximum atomic E-state index is 0. The Kier molecular flexibility index (Phi) is 154. The molecule has 4 radical (unpaired) electrons. The van der Waals surface area contributed by atoms with E-state index in [1.165, 1.54) is 0 Å². The summed E-state index contributed by atoms with van der Waals surface area (Å²) in [5, 5.41) is 0. The molecule has 0 aliphatic heterocycles. The minimum Gasteiger partial charge on any atom is -1.00 e. The van der Waals surface area contributed by atoms with E-state index in [2.05, 4.69) is 0 Å². The molecule has 28 valence electrons. The van der Waals surface area contributed by atoms with Gasteiger partial charge in [0.05, 0.1) is 0 Å². The van der Waals surface area contributed by atoms with E-state index in [9.17, 15) is 0 Å². The molecule has 0 N–H and O–H groups in total. The second kappa shape index (κ2) is 18.5. The Balaban J connectivity index is 0. The summed E-state index contributed by atoms with van der Waals surface area (Å²) in [7, 11) is 0. The van der Waals surface area contributed by atoms with Crippen LogP contribution in [0.2, 0.25) is 0 Å². The zero-order valence-corrected chi connectivity index (χ0v) is 6.40. The van der Waals surface area contributed by atoms with Crippen LogP contribution in [0.3, 0.4) is 0 Å². The summed E-state index contributed by atoms with van der Waals surface area (Å²) < 4.78 is 0. The van der Waals surface area contributed by atoms with Crippen molar-refractivity contribution >= 4 is 40.4 Å². The van der Waals surface area contributed by atoms with Crippen LogP contribution in [-0.2, 0) is 33.6 Å². The Morgan fingerprint density at radius 2 is 1.25 bits per heavy atom. The first-order valence-corrected chi connectivity index (χ1v) is 0. The van der Waals surface area contributed by atoms with Gasteiger partial charge in [-0.1, -0.05) is 0 Å². The summed E-state index contributed by atoms with van der Waals surface area (Å²) in [6.45, 7) is 0. The fourth-order valence-electron chi connectivity index (χ4n) is 0. The van der Waals surface area contributed by atoms with Gasteiger partial charge in [-0.25, -0.2) is 0 Å². The van der Waals surface area contributed by atoms with Crippen molar-refractivity contribution in [1.29, 1.82) is 0 Å². The van der Waals surface area contributed by atoms with Crippen molar-refractivity contribution in [1.82, 2.24) is 0 Å². The van der Waals surface area contributed by atoms with Crippen LogP contribution >= 0.6 is 0 Å². The molecule has 4 heavy (non-hydrogen) atoms. The predicted molar refractivity (Wildman–Crippen MR) is 13.7 cm³/mol. The van der Waals surface area contributed by atoms with E-state index in [-0.39, 0.29) is 76.8 Å². The van der Waals surface area contributed by atoms with E-state index in [1.807, 2.05) is 0 Å². The molecule has 0 saturated carbocycles. The topological polar surface area (TPSA) is 0 Å². The van der Waals surface area contributed by atoms with Crippen LogP contribution in [0.15, 0.2) is 0 Å². The van der Waals surface area contributed by atoms with Crippen molar-refractivity contribution in [2.24, 2.45) is 0 Å². The molecule has 0 amide bonds. The van der Waals surface area contributed by atoms with Gasteiger partial charge in [-0.3, -0.25) is 0 Å². The van der Waals surface area contributed by atoms with Crippen LogP contribution in [0, 0.1) is 0 Å². The van der Waals surface area contributed by atoms with Gasteiger partial charge in [0.1, 0.15) is 0 Å². The average molecular weight is 176 g/mol. The van der Waals surface area contributed by atoms with Crippen LogP contribution in [0.1, 0.15) is 2.85 Å². The molecule has 0 saturated heterocycles. The fourth-order valence-corrected chi connectivity index (χ4v) is 0. The minimum atomic E-state index is 0. The van der Waals surface area contributed by atoms with Crippen molar-refractivity contribution in [2.75, 3.05) is 0 Å². The van der Waals surface area contributed by atoms with E-state index >= 15 is 0 Å². The molecule has 0 bridgehead atoms. The van der Waals surface area contributed by atoms with Crippen LogP contribution in [0.5, 0.6) is 0 Å². The molecule has 0 fully saturated rings. The maximum Gasteiger partial charge on any atom is 2.00 e. The van der Waals surface area contributed by atoms with Crippen LogP contribution in [-0.4, -0.2) is 40.4 Å². The van der Waals surface area contributed by atoms with E-state index < -0.39 is 0 Å². The average Bonchev–Trinajstić information content (AvgIpc) is 0. The predicted octanol–water partition coefficient (Wildman–Crippen LogP) is -0.542. The van der Waals surface area contributed by atoms with E-state index in [4.69, 9.17) is 0 Å². The first-order chi connectivity index (χ1) is 0. The standard InChI is InChI=1S/Al.Cu.Mg.Ni.2H/q;;+2;;2*-1. The zero-order chi connectivity index (χ0) is 0. The molecule has 0 aliphatic rings. The van der Waals surface area contributed by atoms with Gasteiger partial charge in [0.15, 0.2) is 0 Å². The van der Waals surface area contributed by atoms with E-state index in [0.29, 0.717) is 0 Å². The molecule has 0 nitrogen and oxygen atoms in total. The van der Waals surface area contributed by atoms with Crippen molar-refractivity contribution in [3.05, 3.63) is 0 Å². The Morgan fingerprint density at radius 1 is 1.25 bits per heavy atom. The molecule has 0 atom stereocenters. The number of hydrogen-bond donors (Lipinski definition) is 0. The van der Waals surface area contributed by atoms with Crippen molar-refractivity contribution in [2.45, 2.75) is 0 Å². The van der Waals surface area contributed by atoms with Crippen LogP contribution in [0.25, 0.3) is 0 Å². The maximum absolute atomic E-state index is 0. The first kappa shape index (κ1) is 33.3. The van der Waals surface area contributed by atoms with Crippen LogP contribution in [0.4, 0.5) is 0 Å². The van der Waals surface area contributed by atoms with Crippen molar-refractivity contribution in [3.63, 3.8) is 0 Å². The SMILES string of the molecule is [Al].[Cu].[H-].[H-].[Mg+2].[Ni]. The monoisotopic (exact) mass is 174 g/mol. The summed E-state index contributed by atoms with van der Waals surface area (Å²) in [6.07, 6.45) is 0. The molecular weight excluding hydrogens is 174 g/mol. The zero-order valence-electron chi connectivity index (χ0n) is 3.90.